The van der Waals surface area contributed by atoms with Crippen molar-refractivity contribution in [3.63, 3.8) is 0 Å². The molecule has 1 N–H and O–H groups in total. The highest BCUT2D eigenvalue weighted by Gasteiger charge is 2.09. The summed E-state index contributed by atoms with van der Waals surface area (Å²) in [5.74, 6) is 1.15. The van der Waals surface area contributed by atoms with Crippen molar-refractivity contribution in [2.45, 2.75) is 27.7 Å². The summed E-state index contributed by atoms with van der Waals surface area (Å²) >= 11 is 0. The number of nitrogens with zero attached hydrogens (tertiary/aromatic N) is 1. The summed E-state index contributed by atoms with van der Waals surface area (Å²) in [5, 5.41) is 2.91. The molecule has 0 atom stereocenters. The number of carbonyl (C=O) groups is 1. The number of anilines is 2. The predicted molar refractivity (Wildman–Crippen MR) is 106 cm³/mol. The van der Waals surface area contributed by atoms with Gasteiger partial charge in [0.2, 0.25) is 0 Å². The van der Waals surface area contributed by atoms with Crippen LogP contribution in [0.25, 0.3) is 0 Å². The van der Waals surface area contributed by atoms with E-state index in [2.05, 4.69) is 30.1 Å². The molecule has 0 saturated heterocycles. The zero-order chi connectivity index (χ0) is 18.9. The Bertz CT molecular complexity index is 727. The normalized spacial score (nSPS) is 10.3. The number of nitrogens with one attached hydrogen (secondary N) is 1. The van der Waals surface area contributed by atoms with Crippen molar-refractivity contribution in [3.05, 3.63) is 48.0 Å². The SMILES string of the molecule is CCOc1cccc(OCC(=O)Nc2ccc(N(CC)CC)cc2C)c1. The van der Waals surface area contributed by atoms with Crippen LogP contribution >= 0.6 is 0 Å². The topological polar surface area (TPSA) is 50.8 Å². The molecule has 0 saturated carbocycles. The number of aryl methyl sites for hydroxylation is 1. The van der Waals surface area contributed by atoms with E-state index in [0.717, 1.165) is 35.8 Å². The van der Waals surface area contributed by atoms with Gasteiger partial charge in [-0.3, -0.25) is 4.79 Å². The Morgan fingerprint density at radius 1 is 1.00 bits per heavy atom. The minimum atomic E-state index is -0.189. The molecule has 0 spiro atoms. The van der Waals surface area contributed by atoms with Gasteiger partial charge in [-0.2, -0.15) is 0 Å². The van der Waals surface area contributed by atoms with E-state index in [4.69, 9.17) is 9.47 Å². The molecule has 1 amide bonds. The predicted octanol–water partition coefficient (Wildman–Crippen LogP) is 4.26. The number of amides is 1. The summed E-state index contributed by atoms with van der Waals surface area (Å²) in [4.78, 5) is 14.5. The van der Waals surface area contributed by atoms with E-state index in [1.807, 2.05) is 38.1 Å². The molecule has 0 aromatic heterocycles. The third-order valence-electron chi connectivity index (χ3n) is 4.10. The molecule has 5 nitrogen and oxygen atoms in total. The largest absolute Gasteiger partial charge is 0.494 e. The minimum Gasteiger partial charge on any atom is -0.494 e. The van der Waals surface area contributed by atoms with Crippen molar-refractivity contribution in [3.8, 4) is 11.5 Å². The van der Waals surface area contributed by atoms with Crippen LogP contribution in [-0.4, -0.2) is 32.2 Å². The van der Waals surface area contributed by atoms with E-state index in [1.165, 1.54) is 0 Å². The Morgan fingerprint density at radius 3 is 2.31 bits per heavy atom. The van der Waals surface area contributed by atoms with Crippen molar-refractivity contribution in [1.29, 1.82) is 0 Å². The molecule has 0 bridgehead atoms. The van der Waals surface area contributed by atoms with Crippen LogP contribution in [0.4, 0.5) is 11.4 Å². The molecule has 0 radical (unpaired) electrons. The third-order valence-corrected chi connectivity index (χ3v) is 4.10. The molecule has 5 heteroatoms. The molecular weight excluding hydrogens is 328 g/mol. The van der Waals surface area contributed by atoms with Gasteiger partial charge in [-0.1, -0.05) is 6.07 Å². The first-order chi connectivity index (χ1) is 12.6. The van der Waals surface area contributed by atoms with Crippen molar-refractivity contribution < 1.29 is 14.3 Å². The van der Waals surface area contributed by atoms with Gasteiger partial charge in [0.05, 0.1) is 6.61 Å². The monoisotopic (exact) mass is 356 g/mol. The maximum atomic E-state index is 12.2. The Kier molecular flexibility index (Phi) is 7.33. The first kappa shape index (κ1) is 19.6. The number of rotatable bonds is 9. The van der Waals surface area contributed by atoms with E-state index in [1.54, 1.807) is 12.1 Å². The van der Waals surface area contributed by atoms with Gasteiger partial charge in [-0.05, 0) is 63.6 Å². The quantitative estimate of drug-likeness (QED) is 0.729. The Labute approximate surface area is 155 Å². The molecule has 0 unspecified atom stereocenters. The lowest BCUT2D eigenvalue weighted by molar-refractivity contribution is -0.118. The number of ether oxygens (including phenoxy) is 2. The summed E-state index contributed by atoms with van der Waals surface area (Å²) < 4.78 is 11.0. The Hall–Kier alpha value is -2.69. The average molecular weight is 356 g/mol. The van der Waals surface area contributed by atoms with Gasteiger partial charge in [0.25, 0.3) is 5.91 Å². The van der Waals surface area contributed by atoms with Gasteiger partial charge < -0.3 is 19.7 Å². The van der Waals surface area contributed by atoms with Crippen molar-refractivity contribution in [2.75, 3.05) is 36.5 Å². The van der Waals surface area contributed by atoms with Crippen LogP contribution in [0.2, 0.25) is 0 Å². The van der Waals surface area contributed by atoms with Crippen LogP contribution in [-0.2, 0) is 4.79 Å². The second-order valence-electron chi connectivity index (χ2n) is 5.92. The molecule has 26 heavy (non-hydrogen) atoms. The van der Waals surface area contributed by atoms with Crippen LogP contribution in [0.15, 0.2) is 42.5 Å². The summed E-state index contributed by atoms with van der Waals surface area (Å²) in [5.41, 5.74) is 2.99. The first-order valence-corrected chi connectivity index (χ1v) is 9.08. The highest BCUT2D eigenvalue weighted by Crippen LogP contribution is 2.23. The standard InChI is InChI=1S/C21H28N2O3/c1-5-23(6-2)17-11-12-20(16(4)13-17)22-21(24)15-26-19-10-8-9-18(14-19)25-7-3/h8-14H,5-7,15H2,1-4H3,(H,22,24). The van der Waals surface area contributed by atoms with Gasteiger partial charge >= 0.3 is 0 Å². The zero-order valence-corrected chi connectivity index (χ0v) is 16.0. The number of benzene rings is 2. The van der Waals surface area contributed by atoms with E-state index in [0.29, 0.717) is 12.4 Å². The van der Waals surface area contributed by atoms with E-state index >= 15 is 0 Å². The highest BCUT2D eigenvalue weighted by molar-refractivity contribution is 5.92. The van der Waals surface area contributed by atoms with Gasteiger partial charge in [-0.15, -0.1) is 0 Å². The average Bonchev–Trinajstić information content (AvgIpc) is 2.64. The van der Waals surface area contributed by atoms with Crippen LogP contribution < -0.4 is 19.7 Å². The number of hydrogen-bond acceptors (Lipinski definition) is 4. The molecule has 0 fully saturated rings. The molecule has 0 heterocycles. The zero-order valence-electron chi connectivity index (χ0n) is 16.0. The Balaban J connectivity index is 1.94. The summed E-state index contributed by atoms with van der Waals surface area (Å²) in [6.07, 6.45) is 0. The van der Waals surface area contributed by atoms with Crippen LogP contribution in [0.1, 0.15) is 26.3 Å². The lowest BCUT2D eigenvalue weighted by atomic mass is 10.1. The fourth-order valence-electron chi connectivity index (χ4n) is 2.73. The maximum Gasteiger partial charge on any atom is 0.262 e. The van der Waals surface area contributed by atoms with E-state index in [9.17, 15) is 4.79 Å². The van der Waals surface area contributed by atoms with Crippen LogP contribution in [0.3, 0.4) is 0 Å². The van der Waals surface area contributed by atoms with Crippen LogP contribution in [0.5, 0.6) is 11.5 Å². The molecule has 2 rings (SSSR count). The lowest BCUT2D eigenvalue weighted by Gasteiger charge is -2.22. The van der Waals surface area contributed by atoms with Gasteiger partial charge in [0.1, 0.15) is 11.5 Å². The first-order valence-electron chi connectivity index (χ1n) is 9.08. The molecule has 0 aliphatic carbocycles. The van der Waals surface area contributed by atoms with Crippen molar-refractivity contribution in [2.24, 2.45) is 0 Å². The second kappa shape index (κ2) is 9.70. The third kappa shape index (κ3) is 5.41. The molecule has 0 aliphatic heterocycles. The van der Waals surface area contributed by atoms with Crippen molar-refractivity contribution >= 4 is 17.3 Å². The maximum absolute atomic E-state index is 12.2. The lowest BCUT2D eigenvalue weighted by Crippen LogP contribution is -2.23. The molecule has 2 aromatic rings. The fourth-order valence-corrected chi connectivity index (χ4v) is 2.73. The fraction of sp³-hybridized carbons (Fsp3) is 0.381. The molecule has 0 aliphatic rings. The minimum absolute atomic E-state index is 0.0488. The van der Waals surface area contributed by atoms with Crippen LogP contribution in [0, 0.1) is 6.92 Å². The Morgan fingerprint density at radius 2 is 1.69 bits per heavy atom. The smallest absolute Gasteiger partial charge is 0.262 e. The molecule has 140 valence electrons. The molecule has 2 aromatic carbocycles. The number of carbonyl (C=O) groups excluding carboxylic acids is 1. The second-order valence-corrected chi connectivity index (χ2v) is 5.92. The van der Waals surface area contributed by atoms with E-state index < -0.39 is 0 Å². The van der Waals surface area contributed by atoms with Gasteiger partial charge in [-0.25, -0.2) is 0 Å². The highest BCUT2D eigenvalue weighted by atomic mass is 16.5. The van der Waals surface area contributed by atoms with E-state index in [-0.39, 0.29) is 12.5 Å². The number of hydrogen-bond donors (Lipinski definition) is 1. The summed E-state index contributed by atoms with van der Waals surface area (Å²) in [7, 11) is 0. The summed E-state index contributed by atoms with van der Waals surface area (Å²) in [6.45, 7) is 10.6. The summed E-state index contributed by atoms with van der Waals surface area (Å²) in [6, 6.07) is 13.3. The van der Waals surface area contributed by atoms with Gasteiger partial charge in [0, 0.05) is 30.5 Å². The molecular formula is C21H28N2O3. The van der Waals surface area contributed by atoms with Gasteiger partial charge in [0.15, 0.2) is 6.61 Å². The van der Waals surface area contributed by atoms with Crippen molar-refractivity contribution in [1.82, 2.24) is 0 Å².